The number of rotatable bonds is 6. The number of carbonyl (C=O) groups excluding carboxylic acids is 1. The first-order valence-electron chi connectivity index (χ1n) is 12.7. The largest absolute Gasteiger partial charge is 0.364 e. The van der Waals surface area contributed by atoms with E-state index in [1.807, 2.05) is 48.8 Å². The average Bonchev–Trinajstić information content (AvgIpc) is 3.30. The van der Waals surface area contributed by atoms with Crippen molar-refractivity contribution in [3.8, 4) is 11.1 Å². The highest BCUT2D eigenvalue weighted by Gasteiger charge is 2.24. The monoisotopic (exact) mass is 491 g/mol. The summed E-state index contributed by atoms with van der Waals surface area (Å²) in [7, 11) is 0. The molecule has 1 aliphatic heterocycles. The van der Waals surface area contributed by atoms with Gasteiger partial charge in [-0.3, -0.25) is 4.79 Å². The van der Waals surface area contributed by atoms with E-state index in [2.05, 4.69) is 72.1 Å². The van der Waals surface area contributed by atoms with E-state index in [0.29, 0.717) is 23.5 Å². The summed E-state index contributed by atoms with van der Waals surface area (Å²) < 4.78 is 1.78. The first-order valence-corrected chi connectivity index (χ1v) is 12.7. The van der Waals surface area contributed by atoms with Gasteiger partial charge in [0.25, 0.3) is 0 Å². The molecule has 1 aliphatic rings. The zero-order valence-corrected chi connectivity index (χ0v) is 21.9. The van der Waals surface area contributed by atoms with Gasteiger partial charge in [0, 0.05) is 48.2 Å². The van der Waals surface area contributed by atoms with Gasteiger partial charge in [0.05, 0.1) is 6.20 Å². The standard InChI is InChI=1S/C31H33N5O/c1-20(24-12-14-25(15-13-24)36-21(2)16-33-17-22(36)3)19-35-31(32-5)30(18-34-35)29-11-7-9-27-26(23(4)37)8-6-10-28(27)29/h6-15,18-19,21-22,33H,5,16-17H2,1-4H3/b20-19+/t21-,22+. The summed E-state index contributed by atoms with van der Waals surface area (Å²) in [4.78, 5) is 19.0. The van der Waals surface area contributed by atoms with Crippen molar-refractivity contribution >= 4 is 46.6 Å². The molecule has 3 aromatic carbocycles. The van der Waals surface area contributed by atoms with Gasteiger partial charge < -0.3 is 10.2 Å². The maximum absolute atomic E-state index is 12.2. The first kappa shape index (κ1) is 24.7. The third-order valence-electron chi connectivity index (χ3n) is 7.28. The fraction of sp³-hybridized carbons (Fsp3) is 0.258. The number of benzene rings is 3. The maximum atomic E-state index is 12.2. The number of ketones is 1. The van der Waals surface area contributed by atoms with Crippen molar-refractivity contribution in [1.29, 1.82) is 0 Å². The summed E-state index contributed by atoms with van der Waals surface area (Å²) in [6.45, 7) is 14.0. The molecule has 4 aromatic rings. The average molecular weight is 492 g/mol. The zero-order chi connectivity index (χ0) is 26.1. The molecule has 6 nitrogen and oxygen atoms in total. The number of Topliss-reactive ketones (excluding diaryl/α,β-unsaturated/α-hetero) is 1. The molecule has 0 unspecified atom stereocenters. The quantitative estimate of drug-likeness (QED) is 0.249. The predicted molar refractivity (Wildman–Crippen MR) is 155 cm³/mol. The third kappa shape index (κ3) is 4.60. The van der Waals surface area contributed by atoms with Crippen LogP contribution in [0.5, 0.6) is 0 Å². The van der Waals surface area contributed by atoms with Gasteiger partial charge in [0.15, 0.2) is 11.6 Å². The lowest BCUT2D eigenvalue weighted by Crippen LogP contribution is -2.55. The zero-order valence-electron chi connectivity index (χ0n) is 21.9. The lowest BCUT2D eigenvalue weighted by atomic mass is 9.95. The summed E-state index contributed by atoms with van der Waals surface area (Å²) in [6.07, 6.45) is 3.81. The number of piperazine rings is 1. The van der Waals surface area contributed by atoms with E-state index in [1.54, 1.807) is 11.6 Å². The fourth-order valence-electron chi connectivity index (χ4n) is 5.45. The molecule has 1 fully saturated rings. The fourth-order valence-corrected chi connectivity index (χ4v) is 5.45. The van der Waals surface area contributed by atoms with Crippen molar-refractivity contribution in [2.75, 3.05) is 18.0 Å². The van der Waals surface area contributed by atoms with Gasteiger partial charge in [-0.2, -0.15) is 5.10 Å². The van der Waals surface area contributed by atoms with Crippen molar-refractivity contribution in [3.63, 3.8) is 0 Å². The second kappa shape index (κ2) is 10.1. The van der Waals surface area contributed by atoms with Crippen molar-refractivity contribution in [3.05, 3.63) is 78.0 Å². The van der Waals surface area contributed by atoms with E-state index in [4.69, 9.17) is 0 Å². The van der Waals surface area contributed by atoms with E-state index in [9.17, 15) is 4.79 Å². The van der Waals surface area contributed by atoms with Gasteiger partial charge in [-0.05, 0) is 74.0 Å². The van der Waals surface area contributed by atoms with Crippen LogP contribution < -0.4 is 10.2 Å². The van der Waals surface area contributed by atoms with E-state index >= 15 is 0 Å². The maximum Gasteiger partial charge on any atom is 0.162 e. The lowest BCUT2D eigenvalue weighted by Gasteiger charge is -2.41. The number of aliphatic imine (C=N–C) groups is 1. The molecule has 188 valence electrons. The van der Waals surface area contributed by atoms with Gasteiger partial charge in [-0.25, -0.2) is 9.67 Å². The van der Waals surface area contributed by atoms with Crippen LogP contribution in [0.2, 0.25) is 0 Å². The number of hydrogen-bond acceptors (Lipinski definition) is 5. The number of hydrogen-bond donors (Lipinski definition) is 1. The van der Waals surface area contributed by atoms with Crippen molar-refractivity contribution < 1.29 is 4.79 Å². The van der Waals surface area contributed by atoms with Crippen LogP contribution in [-0.2, 0) is 0 Å². The molecule has 5 rings (SSSR count). The molecular formula is C31H33N5O. The van der Waals surface area contributed by atoms with Gasteiger partial charge >= 0.3 is 0 Å². The Hall–Kier alpha value is -4.03. The molecule has 2 atom stereocenters. The number of aromatic nitrogens is 2. The molecule has 0 saturated carbocycles. The number of carbonyl (C=O) groups is 1. The van der Waals surface area contributed by atoms with Crippen LogP contribution >= 0.6 is 0 Å². The third-order valence-corrected chi connectivity index (χ3v) is 7.28. The number of allylic oxidation sites excluding steroid dienone is 1. The minimum Gasteiger partial charge on any atom is -0.364 e. The Balaban J connectivity index is 1.49. The number of anilines is 1. The Bertz CT molecular complexity index is 1490. The van der Waals surface area contributed by atoms with Gasteiger partial charge in [0.2, 0.25) is 0 Å². The minimum absolute atomic E-state index is 0.0472. The minimum atomic E-state index is 0.0472. The van der Waals surface area contributed by atoms with Crippen molar-refractivity contribution in [2.45, 2.75) is 39.8 Å². The molecule has 0 radical (unpaired) electrons. The summed E-state index contributed by atoms with van der Waals surface area (Å²) in [5.41, 5.74) is 6.01. The second-order valence-corrected chi connectivity index (χ2v) is 9.87. The SMILES string of the molecule is C=Nc1c(-c2cccc3c(C(C)=O)cccc23)cnn1/C=C(\C)c1ccc(N2[C@H](C)CNC[C@@H]2C)cc1. The summed E-state index contributed by atoms with van der Waals surface area (Å²) >= 11 is 0. The molecule has 0 aliphatic carbocycles. The summed E-state index contributed by atoms with van der Waals surface area (Å²) in [6, 6.07) is 21.5. The molecule has 6 heteroatoms. The Morgan fingerprint density at radius 1 is 0.973 bits per heavy atom. The Morgan fingerprint density at radius 2 is 1.65 bits per heavy atom. The second-order valence-electron chi connectivity index (χ2n) is 9.87. The molecule has 1 saturated heterocycles. The van der Waals surface area contributed by atoms with Crippen LogP contribution in [-0.4, -0.2) is 47.5 Å². The lowest BCUT2D eigenvalue weighted by molar-refractivity contribution is 0.101. The van der Waals surface area contributed by atoms with E-state index in [-0.39, 0.29) is 5.78 Å². The van der Waals surface area contributed by atoms with E-state index in [1.165, 1.54) is 5.69 Å². The van der Waals surface area contributed by atoms with Gasteiger partial charge in [-0.15, -0.1) is 0 Å². The topological polar surface area (TPSA) is 62.5 Å². The summed E-state index contributed by atoms with van der Waals surface area (Å²) in [5, 5.41) is 10.0. The molecule has 0 amide bonds. The van der Waals surface area contributed by atoms with Gasteiger partial charge in [0.1, 0.15) is 0 Å². The van der Waals surface area contributed by atoms with E-state index in [0.717, 1.165) is 46.1 Å². The van der Waals surface area contributed by atoms with E-state index < -0.39 is 0 Å². The van der Waals surface area contributed by atoms with Crippen LogP contribution in [0.1, 0.15) is 43.6 Å². The summed E-state index contributed by atoms with van der Waals surface area (Å²) in [5.74, 6) is 0.714. The molecule has 37 heavy (non-hydrogen) atoms. The number of fused-ring (bicyclic) bond motifs is 1. The van der Waals surface area contributed by atoms with Crippen LogP contribution in [0.3, 0.4) is 0 Å². The first-order chi connectivity index (χ1) is 17.9. The Labute approximate surface area is 218 Å². The molecule has 2 heterocycles. The van der Waals surface area contributed by atoms with Crippen LogP contribution in [0, 0.1) is 0 Å². The normalized spacial score (nSPS) is 18.3. The number of nitrogens with zero attached hydrogens (tertiary/aromatic N) is 4. The highest BCUT2D eigenvalue weighted by Crippen LogP contribution is 2.37. The molecule has 0 spiro atoms. The van der Waals surface area contributed by atoms with Gasteiger partial charge in [-0.1, -0.05) is 48.5 Å². The smallest absolute Gasteiger partial charge is 0.162 e. The number of nitrogens with one attached hydrogen (secondary N) is 1. The van der Waals surface area contributed by atoms with Crippen molar-refractivity contribution in [2.24, 2.45) is 4.99 Å². The molecular weight excluding hydrogens is 458 g/mol. The Morgan fingerprint density at radius 3 is 2.32 bits per heavy atom. The van der Waals surface area contributed by atoms with Crippen molar-refractivity contribution in [1.82, 2.24) is 15.1 Å². The molecule has 1 aromatic heterocycles. The predicted octanol–water partition coefficient (Wildman–Crippen LogP) is 6.44. The highest BCUT2D eigenvalue weighted by molar-refractivity contribution is 6.11. The van der Waals surface area contributed by atoms with Crippen LogP contribution in [0.4, 0.5) is 11.5 Å². The molecule has 1 N–H and O–H groups in total. The Kier molecular flexibility index (Phi) is 6.76. The van der Waals surface area contributed by atoms with Crippen LogP contribution in [0.25, 0.3) is 33.7 Å². The highest BCUT2D eigenvalue weighted by atomic mass is 16.1. The molecule has 0 bridgehead atoms. The van der Waals surface area contributed by atoms with Crippen LogP contribution in [0.15, 0.2) is 71.9 Å².